The first-order valence-corrected chi connectivity index (χ1v) is 8.57. The van der Waals surface area contributed by atoms with Gasteiger partial charge >= 0.3 is 0 Å². The van der Waals surface area contributed by atoms with Crippen LogP contribution in [0.15, 0.2) is 40.0 Å². The lowest BCUT2D eigenvalue weighted by Crippen LogP contribution is -2.27. The Balaban J connectivity index is 1.44. The molecule has 1 aliphatic rings. The van der Waals surface area contributed by atoms with Gasteiger partial charge in [0, 0.05) is 25.3 Å². The minimum atomic E-state index is 0.231. The van der Waals surface area contributed by atoms with E-state index in [0.29, 0.717) is 29.7 Å². The van der Waals surface area contributed by atoms with E-state index in [4.69, 9.17) is 4.42 Å². The Labute approximate surface area is 134 Å². The maximum Gasteiger partial charge on any atom is 0.276 e. The Morgan fingerprint density at radius 3 is 2.73 bits per heavy atom. The molecule has 1 aromatic heterocycles. The molecular formula is C16H19N3O2S. The van der Waals surface area contributed by atoms with Gasteiger partial charge < -0.3 is 9.32 Å². The lowest BCUT2D eigenvalue weighted by Gasteiger charge is -2.14. The Morgan fingerprint density at radius 2 is 1.95 bits per heavy atom. The largest absolute Gasteiger partial charge is 0.416 e. The fraction of sp³-hybridized carbons (Fsp3) is 0.438. The van der Waals surface area contributed by atoms with Gasteiger partial charge in [-0.05, 0) is 18.4 Å². The van der Waals surface area contributed by atoms with Crippen molar-refractivity contribution in [3.63, 3.8) is 0 Å². The summed E-state index contributed by atoms with van der Waals surface area (Å²) in [5.41, 5.74) is 1.15. The number of hydrogen-bond donors (Lipinski definition) is 0. The van der Waals surface area contributed by atoms with Crippen LogP contribution in [0.2, 0.25) is 0 Å². The van der Waals surface area contributed by atoms with Gasteiger partial charge in [-0.1, -0.05) is 42.1 Å². The molecule has 0 aliphatic carbocycles. The fourth-order valence-electron chi connectivity index (χ4n) is 2.49. The molecule has 1 saturated heterocycles. The van der Waals surface area contributed by atoms with Crippen LogP contribution in [-0.2, 0) is 11.2 Å². The van der Waals surface area contributed by atoms with E-state index in [1.807, 2.05) is 35.2 Å². The number of amides is 1. The Bertz CT molecular complexity index is 609. The lowest BCUT2D eigenvalue weighted by molar-refractivity contribution is -0.129. The molecule has 0 saturated carbocycles. The molecule has 6 heteroatoms. The number of benzene rings is 1. The average molecular weight is 317 g/mol. The zero-order valence-electron chi connectivity index (χ0n) is 12.4. The number of aromatic nitrogens is 2. The molecular weight excluding hydrogens is 298 g/mol. The minimum absolute atomic E-state index is 0.231. The van der Waals surface area contributed by atoms with Gasteiger partial charge in [-0.25, -0.2) is 0 Å². The van der Waals surface area contributed by atoms with Crippen molar-refractivity contribution in [3.8, 4) is 0 Å². The third-order valence-electron chi connectivity index (χ3n) is 3.65. The van der Waals surface area contributed by atoms with Crippen LogP contribution in [0.3, 0.4) is 0 Å². The summed E-state index contributed by atoms with van der Waals surface area (Å²) in [6, 6.07) is 10.0. The molecule has 116 valence electrons. The van der Waals surface area contributed by atoms with Crippen LogP contribution in [0.5, 0.6) is 0 Å². The highest BCUT2D eigenvalue weighted by Gasteiger charge is 2.17. The summed E-state index contributed by atoms with van der Waals surface area (Å²) in [5.74, 6) is 1.52. The van der Waals surface area contributed by atoms with Gasteiger partial charge in [0.25, 0.3) is 5.22 Å². The second-order valence-corrected chi connectivity index (χ2v) is 6.36. The van der Waals surface area contributed by atoms with Crippen LogP contribution in [0.4, 0.5) is 0 Å². The molecule has 0 bridgehead atoms. The Morgan fingerprint density at radius 1 is 1.18 bits per heavy atom. The highest BCUT2D eigenvalue weighted by atomic mass is 32.2. The van der Waals surface area contributed by atoms with E-state index in [0.717, 1.165) is 31.5 Å². The molecule has 0 atom stereocenters. The maximum atomic E-state index is 11.9. The van der Waals surface area contributed by atoms with Crippen molar-refractivity contribution in [3.05, 3.63) is 41.8 Å². The Kier molecular flexibility index (Phi) is 5.11. The second kappa shape index (κ2) is 7.45. The molecule has 3 rings (SSSR count). The molecule has 0 N–H and O–H groups in total. The van der Waals surface area contributed by atoms with E-state index in [1.54, 1.807) is 0 Å². The van der Waals surface area contributed by atoms with E-state index in [9.17, 15) is 4.79 Å². The number of carbonyl (C=O) groups is 1. The smallest absolute Gasteiger partial charge is 0.276 e. The van der Waals surface area contributed by atoms with Crippen molar-refractivity contribution in [1.29, 1.82) is 0 Å². The number of carbonyl (C=O) groups excluding carboxylic acids is 1. The standard InChI is InChI=1S/C16H19N3O2S/c20-15(19-9-4-5-10-19)8-11-22-16-18-17-14(21-16)12-13-6-2-1-3-7-13/h1-3,6-7H,4-5,8-12H2. The van der Waals surface area contributed by atoms with Gasteiger partial charge in [0.05, 0.1) is 6.42 Å². The molecule has 0 spiro atoms. The third kappa shape index (κ3) is 4.10. The van der Waals surface area contributed by atoms with Gasteiger partial charge in [-0.2, -0.15) is 0 Å². The second-order valence-electron chi connectivity index (χ2n) is 5.31. The summed E-state index contributed by atoms with van der Waals surface area (Å²) in [6.07, 6.45) is 3.43. The van der Waals surface area contributed by atoms with Crippen LogP contribution < -0.4 is 0 Å². The first-order chi connectivity index (χ1) is 10.8. The highest BCUT2D eigenvalue weighted by Crippen LogP contribution is 2.19. The number of thioether (sulfide) groups is 1. The monoisotopic (exact) mass is 317 g/mol. The normalized spacial score (nSPS) is 14.5. The molecule has 0 radical (unpaired) electrons. The van der Waals surface area contributed by atoms with Crippen LogP contribution in [0.1, 0.15) is 30.7 Å². The van der Waals surface area contributed by atoms with E-state index < -0.39 is 0 Å². The highest BCUT2D eigenvalue weighted by molar-refractivity contribution is 7.99. The molecule has 2 heterocycles. The Hall–Kier alpha value is -1.82. The van der Waals surface area contributed by atoms with Crippen LogP contribution >= 0.6 is 11.8 Å². The SMILES string of the molecule is O=C(CCSc1nnc(Cc2ccccc2)o1)N1CCCC1. The predicted molar refractivity (Wildman–Crippen MR) is 84.7 cm³/mol. The van der Waals surface area contributed by atoms with Crippen molar-refractivity contribution in [2.24, 2.45) is 0 Å². The number of hydrogen-bond acceptors (Lipinski definition) is 5. The number of nitrogens with zero attached hydrogens (tertiary/aromatic N) is 3. The van der Waals surface area contributed by atoms with E-state index in [2.05, 4.69) is 10.2 Å². The average Bonchev–Trinajstić information content (AvgIpc) is 3.20. The van der Waals surface area contributed by atoms with Crippen molar-refractivity contribution >= 4 is 17.7 Å². The zero-order chi connectivity index (χ0) is 15.2. The van der Waals surface area contributed by atoms with E-state index in [1.165, 1.54) is 11.8 Å². The number of likely N-dealkylation sites (tertiary alicyclic amines) is 1. The molecule has 5 nitrogen and oxygen atoms in total. The van der Waals surface area contributed by atoms with Gasteiger partial charge in [-0.3, -0.25) is 4.79 Å². The van der Waals surface area contributed by atoms with Crippen LogP contribution in [0.25, 0.3) is 0 Å². The molecule has 2 aromatic rings. The fourth-order valence-corrected chi connectivity index (χ4v) is 3.19. The summed E-state index contributed by atoms with van der Waals surface area (Å²) in [5, 5.41) is 8.62. The molecule has 1 fully saturated rings. The van der Waals surface area contributed by atoms with E-state index in [-0.39, 0.29) is 5.91 Å². The summed E-state index contributed by atoms with van der Waals surface area (Å²) in [4.78, 5) is 13.9. The molecule has 1 aromatic carbocycles. The quantitative estimate of drug-likeness (QED) is 0.767. The maximum absolute atomic E-state index is 11.9. The van der Waals surface area contributed by atoms with Crippen molar-refractivity contribution in [1.82, 2.24) is 15.1 Å². The molecule has 0 unspecified atom stereocenters. The summed E-state index contributed by atoms with van der Waals surface area (Å²) >= 11 is 1.45. The van der Waals surface area contributed by atoms with Crippen molar-refractivity contribution in [2.75, 3.05) is 18.8 Å². The van der Waals surface area contributed by atoms with Gasteiger partial charge in [0.1, 0.15) is 0 Å². The first-order valence-electron chi connectivity index (χ1n) is 7.58. The molecule has 22 heavy (non-hydrogen) atoms. The number of rotatable bonds is 6. The van der Waals surface area contributed by atoms with Gasteiger partial charge in [0.15, 0.2) is 0 Å². The summed E-state index contributed by atoms with van der Waals surface area (Å²) < 4.78 is 5.61. The summed E-state index contributed by atoms with van der Waals surface area (Å²) in [6.45, 7) is 1.82. The van der Waals surface area contributed by atoms with E-state index >= 15 is 0 Å². The molecule has 1 aliphatic heterocycles. The van der Waals surface area contributed by atoms with Gasteiger partial charge in [0.2, 0.25) is 11.8 Å². The topological polar surface area (TPSA) is 59.2 Å². The van der Waals surface area contributed by atoms with Crippen LogP contribution in [-0.4, -0.2) is 39.8 Å². The first kappa shape index (κ1) is 15.1. The third-order valence-corrected chi connectivity index (χ3v) is 4.47. The molecule has 1 amide bonds. The zero-order valence-corrected chi connectivity index (χ0v) is 13.2. The summed E-state index contributed by atoms with van der Waals surface area (Å²) in [7, 11) is 0. The lowest BCUT2D eigenvalue weighted by atomic mass is 10.2. The van der Waals surface area contributed by atoms with Crippen molar-refractivity contribution in [2.45, 2.75) is 30.9 Å². The van der Waals surface area contributed by atoms with Crippen molar-refractivity contribution < 1.29 is 9.21 Å². The van der Waals surface area contributed by atoms with Crippen LogP contribution in [0, 0.1) is 0 Å². The minimum Gasteiger partial charge on any atom is -0.416 e. The predicted octanol–water partition coefficient (Wildman–Crippen LogP) is 2.77. The van der Waals surface area contributed by atoms with Gasteiger partial charge in [-0.15, -0.1) is 10.2 Å².